The number of hydrogen-bond acceptors (Lipinski definition) is 5. The molecule has 2 fully saturated rings. The molecule has 1 aromatic carbocycles. The van der Waals surface area contributed by atoms with Crippen LogP contribution < -0.4 is 4.74 Å². The molecule has 6 heteroatoms. The van der Waals surface area contributed by atoms with E-state index in [1.54, 1.807) is 29.2 Å². The molecule has 2 aliphatic rings. The van der Waals surface area contributed by atoms with Gasteiger partial charge < -0.3 is 19.2 Å². The average Bonchev–Trinajstić information content (AvgIpc) is 3.42. The standard InChI is InChI=1S/C23H25NO5/c1-13-8-10-17(28-3)16(12-13)21(25)19-20(18-11-9-14(2)29-18)24(23(27)22(19)26)15-6-4-5-7-15/h8-12,15,20,25H,4-7H2,1-3H3/b21-19+. The normalized spacial score (nSPS) is 21.9. The number of likely N-dealkylation sites (tertiary alicyclic amines) is 1. The third kappa shape index (κ3) is 3.22. The number of rotatable bonds is 4. The number of methoxy groups -OCH3 is 1. The number of Topliss-reactive ketones (excluding diaryl/α,β-unsaturated/α-hetero) is 1. The van der Waals surface area contributed by atoms with Gasteiger partial charge in [-0.05, 0) is 51.0 Å². The lowest BCUT2D eigenvalue weighted by molar-refractivity contribution is -0.141. The van der Waals surface area contributed by atoms with Gasteiger partial charge in [-0.1, -0.05) is 24.5 Å². The Morgan fingerprint density at radius 1 is 1.14 bits per heavy atom. The number of ketones is 1. The summed E-state index contributed by atoms with van der Waals surface area (Å²) < 4.78 is 11.2. The van der Waals surface area contributed by atoms with Crippen LogP contribution in [-0.2, 0) is 9.59 Å². The van der Waals surface area contributed by atoms with E-state index in [4.69, 9.17) is 9.15 Å². The molecule has 4 rings (SSSR count). The molecule has 152 valence electrons. The molecule has 6 nitrogen and oxygen atoms in total. The Kier molecular flexibility index (Phi) is 4.94. The van der Waals surface area contributed by atoms with Gasteiger partial charge in [0, 0.05) is 6.04 Å². The van der Waals surface area contributed by atoms with Gasteiger partial charge in [0.25, 0.3) is 11.7 Å². The summed E-state index contributed by atoms with van der Waals surface area (Å²) in [5.74, 6) is 0.117. The second-order valence-corrected chi connectivity index (χ2v) is 7.80. The Morgan fingerprint density at radius 3 is 2.48 bits per heavy atom. The van der Waals surface area contributed by atoms with Crippen molar-refractivity contribution in [1.82, 2.24) is 4.90 Å². The lowest BCUT2D eigenvalue weighted by Gasteiger charge is -2.29. The topological polar surface area (TPSA) is 80.0 Å². The zero-order valence-corrected chi connectivity index (χ0v) is 16.9. The van der Waals surface area contributed by atoms with Crippen LogP contribution in [0.3, 0.4) is 0 Å². The van der Waals surface area contributed by atoms with Crippen LogP contribution in [0.2, 0.25) is 0 Å². The molecule has 0 spiro atoms. The number of carbonyl (C=O) groups is 2. The van der Waals surface area contributed by atoms with E-state index in [0.29, 0.717) is 22.8 Å². The predicted molar refractivity (Wildman–Crippen MR) is 108 cm³/mol. The van der Waals surface area contributed by atoms with Crippen LogP contribution in [-0.4, -0.2) is 34.8 Å². The second-order valence-electron chi connectivity index (χ2n) is 7.80. The van der Waals surface area contributed by atoms with Gasteiger partial charge in [0.05, 0.1) is 18.2 Å². The molecular weight excluding hydrogens is 370 g/mol. The number of aliphatic hydroxyl groups is 1. The lowest BCUT2D eigenvalue weighted by Crippen LogP contribution is -2.37. The van der Waals surface area contributed by atoms with E-state index in [0.717, 1.165) is 31.2 Å². The molecule has 1 amide bonds. The van der Waals surface area contributed by atoms with E-state index >= 15 is 0 Å². The fourth-order valence-corrected chi connectivity index (χ4v) is 4.44. The Bertz CT molecular complexity index is 996. The molecule has 1 unspecified atom stereocenters. The van der Waals surface area contributed by atoms with E-state index in [1.165, 1.54) is 7.11 Å². The molecule has 1 aliphatic heterocycles. The summed E-state index contributed by atoms with van der Waals surface area (Å²) in [7, 11) is 1.51. The van der Waals surface area contributed by atoms with Crippen molar-refractivity contribution < 1.29 is 23.8 Å². The maximum atomic E-state index is 13.1. The Morgan fingerprint density at radius 2 is 1.86 bits per heavy atom. The molecule has 1 aromatic heterocycles. The number of furan rings is 1. The molecule has 1 N–H and O–H groups in total. The summed E-state index contributed by atoms with van der Waals surface area (Å²) >= 11 is 0. The number of hydrogen-bond donors (Lipinski definition) is 1. The van der Waals surface area contributed by atoms with E-state index < -0.39 is 17.7 Å². The molecule has 29 heavy (non-hydrogen) atoms. The van der Waals surface area contributed by atoms with Crippen molar-refractivity contribution in [2.45, 2.75) is 51.6 Å². The highest BCUT2D eigenvalue weighted by atomic mass is 16.5. The van der Waals surface area contributed by atoms with Crippen LogP contribution in [0, 0.1) is 13.8 Å². The quantitative estimate of drug-likeness (QED) is 0.475. The van der Waals surface area contributed by atoms with Crippen LogP contribution in [0.1, 0.15) is 54.4 Å². The predicted octanol–water partition coefficient (Wildman–Crippen LogP) is 4.27. The first-order valence-electron chi connectivity index (χ1n) is 9.94. The Labute approximate surface area is 169 Å². The minimum absolute atomic E-state index is 0.0356. The summed E-state index contributed by atoms with van der Waals surface area (Å²) in [4.78, 5) is 27.7. The minimum atomic E-state index is -0.739. The van der Waals surface area contributed by atoms with Crippen LogP contribution >= 0.6 is 0 Å². The maximum absolute atomic E-state index is 13.1. The third-order valence-corrected chi connectivity index (χ3v) is 5.84. The van der Waals surface area contributed by atoms with Gasteiger partial charge in [0.1, 0.15) is 29.1 Å². The van der Waals surface area contributed by atoms with Crippen molar-refractivity contribution in [2.24, 2.45) is 0 Å². The van der Waals surface area contributed by atoms with Crippen molar-refractivity contribution in [3.63, 3.8) is 0 Å². The maximum Gasteiger partial charge on any atom is 0.296 e. The van der Waals surface area contributed by atoms with E-state index in [2.05, 4.69) is 0 Å². The number of nitrogens with zero attached hydrogens (tertiary/aromatic N) is 1. The van der Waals surface area contributed by atoms with Gasteiger partial charge in [-0.3, -0.25) is 9.59 Å². The van der Waals surface area contributed by atoms with E-state index in [9.17, 15) is 14.7 Å². The molecule has 1 aliphatic carbocycles. The van der Waals surface area contributed by atoms with Crippen LogP contribution in [0.5, 0.6) is 5.75 Å². The van der Waals surface area contributed by atoms with Crippen molar-refractivity contribution in [3.05, 3.63) is 58.6 Å². The number of benzene rings is 1. The van der Waals surface area contributed by atoms with Gasteiger partial charge >= 0.3 is 0 Å². The summed E-state index contributed by atoms with van der Waals surface area (Å²) in [6.45, 7) is 3.70. The zero-order chi connectivity index (χ0) is 20.7. The zero-order valence-electron chi connectivity index (χ0n) is 16.9. The highest BCUT2D eigenvalue weighted by Crippen LogP contribution is 2.44. The molecule has 1 atom stereocenters. The van der Waals surface area contributed by atoms with Gasteiger partial charge in [0.15, 0.2) is 0 Å². The second kappa shape index (κ2) is 7.43. The first-order valence-corrected chi connectivity index (χ1v) is 9.94. The first kappa shape index (κ1) is 19.3. The summed E-state index contributed by atoms with van der Waals surface area (Å²) in [5.41, 5.74) is 1.35. The number of aliphatic hydroxyl groups excluding tert-OH is 1. The highest BCUT2D eigenvalue weighted by molar-refractivity contribution is 6.46. The van der Waals surface area contributed by atoms with Crippen molar-refractivity contribution >= 4 is 17.4 Å². The van der Waals surface area contributed by atoms with Crippen molar-refractivity contribution in [1.29, 1.82) is 0 Å². The van der Waals surface area contributed by atoms with Gasteiger partial charge in [-0.25, -0.2) is 0 Å². The Hall–Kier alpha value is -3.02. The molecule has 1 saturated carbocycles. The number of aryl methyl sites for hydroxylation is 2. The molecule has 2 heterocycles. The molecular formula is C23H25NO5. The van der Waals surface area contributed by atoms with E-state index in [-0.39, 0.29) is 17.4 Å². The molecule has 0 bridgehead atoms. The highest BCUT2D eigenvalue weighted by Gasteiger charge is 2.50. The largest absolute Gasteiger partial charge is 0.507 e. The van der Waals surface area contributed by atoms with Crippen molar-refractivity contribution in [3.8, 4) is 5.75 Å². The SMILES string of the molecule is COc1ccc(C)cc1/C(O)=C1\C(=O)C(=O)N(C2CCCC2)C1c1ccc(C)o1. The number of ether oxygens (including phenoxy) is 1. The van der Waals surface area contributed by atoms with Crippen molar-refractivity contribution in [2.75, 3.05) is 7.11 Å². The number of carbonyl (C=O) groups excluding carboxylic acids is 2. The van der Waals surface area contributed by atoms with Gasteiger partial charge in [-0.15, -0.1) is 0 Å². The first-order chi connectivity index (χ1) is 13.9. The average molecular weight is 395 g/mol. The fraction of sp³-hybridized carbons (Fsp3) is 0.391. The van der Waals surface area contributed by atoms with Crippen LogP contribution in [0.4, 0.5) is 0 Å². The molecule has 1 saturated heterocycles. The Balaban J connectivity index is 1.92. The van der Waals surface area contributed by atoms with Gasteiger partial charge in [0.2, 0.25) is 0 Å². The lowest BCUT2D eigenvalue weighted by atomic mass is 9.97. The summed E-state index contributed by atoms with van der Waals surface area (Å²) in [6, 6.07) is 8.15. The third-order valence-electron chi connectivity index (χ3n) is 5.84. The van der Waals surface area contributed by atoms with E-state index in [1.807, 2.05) is 19.9 Å². The molecule has 2 aromatic rings. The summed E-state index contributed by atoms with van der Waals surface area (Å²) in [5, 5.41) is 11.2. The van der Waals surface area contributed by atoms with Crippen LogP contribution in [0.15, 0.2) is 40.3 Å². The monoisotopic (exact) mass is 395 g/mol. The van der Waals surface area contributed by atoms with Gasteiger partial charge in [-0.2, -0.15) is 0 Å². The number of amides is 1. The summed E-state index contributed by atoms with van der Waals surface area (Å²) in [6.07, 6.45) is 3.72. The van der Waals surface area contributed by atoms with Crippen LogP contribution in [0.25, 0.3) is 5.76 Å². The smallest absolute Gasteiger partial charge is 0.296 e. The minimum Gasteiger partial charge on any atom is -0.507 e. The molecule has 0 radical (unpaired) electrons. The fourth-order valence-electron chi connectivity index (χ4n) is 4.44.